The van der Waals surface area contributed by atoms with E-state index in [0.717, 1.165) is 6.07 Å². The molecule has 2 unspecified atom stereocenters. The number of alkyl halides is 3. The van der Waals surface area contributed by atoms with E-state index < -0.39 is 11.9 Å². The Labute approximate surface area is 126 Å². The number of aromatic nitrogens is 2. The van der Waals surface area contributed by atoms with Gasteiger partial charge in [0.15, 0.2) is 5.69 Å². The maximum Gasteiger partial charge on any atom is 0.433 e. The van der Waals surface area contributed by atoms with Crippen LogP contribution < -0.4 is 10.2 Å². The molecule has 1 aliphatic rings. The van der Waals surface area contributed by atoms with Crippen molar-refractivity contribution in [3.05, 3.63) is 11.8 Å². The highest BCUT2D eigenvalue weighted by Crippen LogP contribution is 2.33. The summed E-state index contributed by atoms with van der Waals surface area (Å²) < 4.78 is 38.9. The molecule has 0 radical (unpaired) electrons. The van der Waals surface area contributed by atoms with Crippen molar-refractivity contribution in [3.63, 3.8) is 0 Å². The van der Waals surface area contributed by atoms with Gasteiger partial charge in [-0.3, -0.25) is 0 Å². The summed E-state index contributed by atoms with van der Waals surface area (Å²) in [5.41, 5.74) is -0.901. The number of anilines is 2. The van der Waals surface area contributed by atoms with Gasteiger partial charge in [-0.1, -0.05) is 13.8 Å². The third-order valence-electron chi connectivity index (χ3n) is 3.08. The zero-order chi connectivity index (χ0) is 15.6. The number of rotatable bonds is 3. The summed E-state index contributed by atoms with van der Waals surface area (Å²) in [6.07, 6.45) is -4.47. The molecule has 0 spiro atoms. The molecule has 1 saturated heterocycles. The van der Waals surface area contributed by atoms with Gasteiger partial charge in [0.1, 0.15) is 5.82 Å². The minimum atomic E-state index is -4.47. The van der Waals surface area contributed by atoms with Gasteiger partial charge >= 0.3 is 6.18 Å². The molecule has 2 heterocycles. The van der Waals surface area contributed by atoms with Crippen LogP contribution in [0, 0.1) is 0 Å². The molecule has 0 aromatic carbocycles. The number of nitrogens with zero attached hydrogens (tertiary/aromatic N) is 3. The van der Waals surface area contributed by atoms with Crippen LogP contribution in [0.4, 0.5) is 24.9 Å². The normalized spacial score (nSPS) is 23.2. The van der Waals surface area contributed by atoms with Crippen molar-refractivity contribution < 1.29 is 13.2 Å². The maximum atomic E-state index is 13.0. The fraction of sp³-hybridized carbons (Fsp3) is 0.692. The van der Waals surface area contributed by atoms with Gasteiger partial charge in [0.25, 0.3) is 0 Å². The first-order valence-electron chi connectivity index (χ1n) is 6.90. The molecule has 1 aromatic rings. The summed E-state index contributed by atoms with van der Waals surface area (Å²) in [5, 5.41) is 3.49. The monoisotopic (exact) mass is 320 g/mol. The van der Waals surface area contributed by atoms with Crippen LogP contribution >= 0.6 is 11.8 Å². The van der Waals surface area contributed by atoms with Crippen LogP contribution in [0.5, 0.6) is 0 Å². The fourth-order valence-electron chi connectivity index (χ4n) is 2.34. The Hall–Kier alpha value is -1.18. The number of thioether (sulfide) groups is 1. The average Bonchev–Trinajstić information content (AvgIpc) is 2.36. The lowest BCUT2D eigenvalue weighted by atomic mass is 10.3. The first kappa shape index (κ1) is 16.2. The Balaban J connectivity index is 2.35. The van der Waals surface area contributed by atoms with Gasteiger partial charge in [0, 0.05) is 36.2 Å². The molecule has 118 valence electrons. The molecule has 21 heavy (non-hydrogen) atoms. The van der Waals surface area contributed by atoms with Crippen molar-refractivity contribution in [2.75, 3.05) is 29.9 Å². The van der Waals surface area contributed by atoms with E-state index in [1.54, 1.807) is 6.92 Å². The molecule has 1 N–H and O–H groups in total. The number of nitrogens with one attached hydrogen (secondary N) is 1. The Morgan fingerprint density at radius 1 is 1.29 bits per heavy atom. The second-order valence-corrected chi connectivity index (χ2v) is 7.01. The van der Waals surface area contributed by atoms with Crippen molar-refractivity contribution >= 4 is 23.5 Å². The van der Waals surface area contributed by atoms with Crippen molar-refractivity contribution in [2.45, 2.75) is 37.4 Å². The summed E-state index contributed by atoms with van der Waals surface area (Å²) in [6.45, 7) is 7.80. The molecule has 2 atom stereocenters. The van der Waals surface area contributed by atoms with Crippen LogP contribution in [-0.4, -0.2) is 40.1 Å². The predicted octanol–water partition coefficient (Wildman–Crippen LogP) is 3.26. The molecular formula is C13H19F3N4S. The van der Waals surface area contributed by atoms with Crippen LogP contribution in [0.3, 0.4) is 0 Å². The van der Waals surface area contributed by atoms with E-state index in [0.29, 0.717) is 36.0 Å². The molecule has 0 aliphatic carbocycles. The van der Waals surface area contributed by atoms with Gasteiger partial charge in [0.2, 0.25) is 5.95 Å². The predicted molar refractivity (Wildman–Crippen MR) is 79.9 cm³/mol. The Morgan fingerprint density at radius 3 is 2.43 bits per heavy atom. The lowest BCUT2D eigenvalue weighted by molar-refractivity contribution is -0.141. The SMILES string of the molecule is CCNc1nc(N2CC(C)SC(C)C2)cc(C(F)(F)F)n1. The van der Waals surface area contributed by atoms with Crippen molar-refractivity contribution in [1.29, 1.82) is 0 Å². The number of halogens is 3. The largest absolute Gasteiger partial charge is 0.433 e. The minimum absolute atomic E-state index is 0.0286. The quantitative estimate of drug-likeness (QED) is 0.926. The van der Waals surface area contributed by atoms with Gasteiger partial charge in [-0.25, -0.2) is 4.98 Å². The Kier molecular flexibility index (Phi) is 4.85. The second-order valence-electron chi connectivity index (χ2n) is 5.13. The summed E-state index contributed by atoms with van der Waals surface area (Å²) >= 11 is 1.84. The topological polar surface area (TPSA) is 41.1 Å². The van der Waals surface area contributed by atoms with Crippen molar-refractivity contribution in [1.82, 2.24) is 9.97 Å². The molecule has 0 amide bonds. The van der Waals surface area contributed by atoms with Gasteiger partial charge in [-0.2, -0.15) is 29.9 Å². The van der Waals surface area contributed by atoms with Crippen LogP contribution in [0.1, 0.15) is 26.5 Å². The number of hydrogen-bond acceptors (Lipinski definition) is 5. The second kappa shape index (κ2) is 6.29. The lowest BCUT2D eigenvalue weighted by Crippen LogP contribution is -2.41. The van der Waals surface area contributed by atoms with Crippen LogP contribution in [0.2, 0.25) is 0 Å². The van der Waals surface area contributed by atoms with E-state index in [4.69, 9.17) is 0 Å². The van der Waals surface area contributed by atoms with Crippen LogP contribution in [-0.2, 0) is 6.18 Å². The number of hydrogen-bond donors (Lipinski definition) is 1. The highest BCUT2D eigenvalue weighted by Gasteiger charge is 2.35. The van der Waals surface area contributed by atoms with Crippen LogP contribution in [0.25, 0.3) is 0 Å². The molecule has 1 aliphatic heterocycles. The van der Waals surface area contributed by atoms with E-state index in [1.807, 2.05) is 16.7 Å². The Morgan fingerprint density at radius 2 is 1.90 bits per heavy atom. The van der Waals surface area contributed by atoms with Crippen LogP contribution in [0.15, 0.2) is 6.07 Å². The average molecular weight is 320 g/mol. The van der Waals surface area contributed by atoms with E-state index in [-0.39, 0.29) is 5.95 Å². The maximum absolute atomic E-state index is 13.0. The summed E-state index contributed by atoms with van der Waals surface area (Å²) in [7, 11) is 0. The third kappa shape index (κ3) is 4.15. The van der Waals surface area contributed by atoms with E-state index in [9.17, 15) is 13.2 Å². The van der Waals surface area contributed by atoms with E-state index in [2.05, 4.69) is 29.1 Å². The summed E-state index contributed by atoms with van der Waals surface area (Å²) in [6, 6.07) is 1.04. The molecule has 0 saturated carbocycles. The summed E-state index contributed by atoms with van der Waals surface area (Å²) in [5.74, 6) is 0.369. The molecule has 0 bridgehead atoms. The van der Waals surface area contributed by atoms with Crippen molar-refractivity contribution in [3.8, 4) is 0 Å². The molecule has 4 nitrogen and oxygen atoms in total. The van der Waals surface area contributed by atoms with Gasteiger partial charge in [0.05, 0.1) is 0 Å². The highest BCUT2D eigenvalue weighted by atomic mass is 32.2. The minimum Gasteiger partial charge on any atom is -0.354 e. The standard InChI is InChI=1S/C13H19F3N4S/c1-4-17-12-18-10(13(14,15)16)5-11(19-12)20-6-8(2)21-9(3)7-20/h5,8-9H,4,6-7H2,1-3H3,(H,17,18,19). The smallest absolute Gasteiger partial charge is 0.354 e. The molecule has 8 heteroatoms. The molecular weight excluding hydrogens is 301 g/mol. The van der Waals surface area contributed by atoms with E-state index >= 15 is 0 Å². The Bertz CT molecular complexity index is 485. The molecule has 2 rings (SSSR count). The third-order valence-corrected chi connectivity index (χ3v) is 4.31. The van der Waals surface area contributed by atoms with E-state index in [1.165, 1.54) is 0 Å². The van der Waals surface area contributed by atoms with Gasteiger partial charge < -0.3 is 10.2 Å². The molecule has 1 fully saturated rings. The van der Waals surface area contributed by atoms with Crippen molar-refractivity contribution in [2.24, 2.45) is 0 Å². The summed E-state index contributed by atoms with van der Waals surface area (Å²) in [4.78, 5) is 9.68. The zero-order valence-corrected chi connectivity index (χ0v) is 13.1. The first-order chi connectivity index (χ1) is 9.79. The van der Waals surface area contributed by atoms with Gasteiger partial charge in [-0.15, -0.1) is 0 Å². The molecule has 1 aromatic heterocycles. The lowest BCUT2D eigenvalue weighted by Gasteiger charge is -2.35. The fourth-order valence-corrected chi connectivity index (χ4v) is 3.67. The highest BCUT2D eigenvalue weighted by molar-refractivity contribution is 8.00. The first-order valence-corrected chi connectivity index (χ1v) is 7.84. The van der Waals surface area contributed by atoms with Gasteiger partial charge in [-0.05, 0) is 6.92 Å². The zero-order valence-electron chi connectivity index (χ0n) is 12.2.